The molecule has 4 nitrogen and oxygen atoms in total. The van der Waals surface area contributed by atoms with Crippen molar-refractivity contribution in [2.75, 3.05) is 16.8 Å². The third-order valence-electron chi connectivity index (χ3n) is 4.23. The molecule has 0 heterocycles. The fraction of sp³-hybridized carbons (Fsp3) is 0.556. The zero-order chi connectivity index (χ0) is 16.7. The minimum Gasteiger partial charge on any atom is -0.352 e. The van der Waals surface area contributed by atoms with Gasteiger partial charge < -0.3 is 10.6 Å². The number of thioether (sulfide) groups is 1. The fourth-order valence-electron chi connectivity index (χ4n) is 2.94. The Morgan fingerprint density at radius 3 is 2.65 bits per heavy atom. The van der Waals surface area contributed by atoms with E-state index in [4.69, 9.17) is 0 Å². The van der Waals surface area contributed by atoms with Gasteiger partial charge in [-0.15, -0.1) is 11.8 Å². The topological polar surface area (TPSA) is 58.2 Å². The molecule has 23 heavy (non-hydrogen) atoms. The monoisotopic (exact) mass is 334 g/mol. The van der Waals surface area contributed by atoms with Gasteiger partial charge in [-0.05, 0) is 43.4 Å². The molecule has 2 rings (SSSR count). The van der Waals surface area contributed by atoms with Crippen molar-refractivity contribution >= 4 is 29.3 Å². The van der Waals surface area contributed by atoms with Crippen molar-refractivity contribution in [1.29, 1.82) is 0 Å². The van der Waals surface area contributed by atoms with Gasteiger partial charge in [0.1, 0.15) is 0 Å². The van der Waals surface area contributed by atoms with E-state index < -0.39 is 0 Å². The number of carbonyl (C=O) groups excluding carboxylic acids is 2. The van der Waals surface area contributed by atoms with Crippen LogP contribution in [0.2, 0.25) is 0 Å². The van der Waals surface area contributed by atoms with Crippen molar-refractivity contribution in [2.24, 2.45) is 5.92 Å². The molecule has 1 fully saturated rings. The second-order valence-electron chi connectivity index (χ2n) is 6.35. The largest absolute Gasteiger partial charge is 0.352 e. The molecule has 0 bridgehead atoms. The maximum atomic E-state index is 12.0. The van der Waals surface area contributed by atoms with Gasteiger partial charge in [-0.1, -0.05) is 31.9 Å². The first kappa shape index (κ1) is 17.9. The van der Waals surface area contributed by atoms with E-state index in [-0.39, 0.29) is 11.8 Å². The van der Waals surface area contributed by atoms with Crippen LogP contribution in [0.1, 0.15) is 38.2 Å². The van der Waals surface area contributed by atoms with Crippen LogP contribution in [0.15, 0.2) is 24.3 Å². The van der Waals surface area contributed by atoms with Crippen molar-refractivity contribution < 1.29 is 9.59 Å². The molecule has 1 aromatic carbocycles. The summed E-state index contributed by atoms with van der Waals surface area (Å²) in [7, 11) is 0. The predicted molar refractivity (Wildman–Crippen MR) is 96.7 cm³/mol. The van der Waals surface area contributed by atoms with E-state index >= 15 is 0 Å². The number of aryl methyl sites for hydroxylation is 1. The van der Waals surface area contributed by atoms with E-state index in [1.54, 1.807) is 0 Å². The Bertz CT molecular complexity index is 548. The third kappa shape index (κ3) is 6.26. The van der Waals surface area contributed by atoms with E-state index in [2.05, 4.69) is 17.6 Å². The lowest BCUT2D eigenvalue weighted by Gasteiger charge is -2.29. The second kappa shape index (κ2) is 8.96. The van der Waals surface area contributed by atoms with Crippen molar-refractivity contribution in [1.82, 2.24) is 5.32 Å². The van der Waals surface area contributed by atoms with Gasteiger partial charge in [0.25, 0.3) is 0 Å². The SMILES string of the molecule is Cc1cccc(NC(=O)CSCC(=O)N[C@@H]2CCCC[C@@H]2C)c1. The number of hydrogen-bond acceptors (Lipinski definition) is 3. The molecule has 0 unspecified atom stereocenters. The maximum Gasteiger partial charge on any atom is 0.234 e. The van der Waals surface area contributed by atoms with Crippen LogP contribution in [0.5, 0.6) is 0 Å². The first-order chi connectivity index (χ1) is 11.0. The Morgan fingerprint density at radius 2 is 1.91 bits per heavy atom. The van der Waals surface area contributed by atoms with E-state index in [0.717, 1.165) is 17.7 Å². The average Bonchev–Trinajstić information content (AvgIpc) is 2.49. The highest BCUT2D eigenvalue weighted by molar-refractivity contribution is 8.00. The molecule has 5 heteroatoms. The smallest absolute Gasteiger partial charge is 0.234 e. The lowest BCUT2D eigenvalue weighted by molar-refractivity contribution is -0.119. The van der Waals surface area contributed by atoms with Gasteiger partial charge in [-0.25, -0.2) is 0 Å². The highest BCUT2D eigenvalue weighted by Gasteiger charge is 2.22. The molecule has 0 saturated heterocycles. The number of benzene rings is 1. The number of hydrogen-bond donors (Lipinski definition) is 2. The van der Waals surface area contributed by atoms with Crippen molar-refractivity contribution in [3.05, 3.63) is 29.8 Å². The van der Waals surface area contributed by atoms with Crippen LogP contribution in [0.3, 0.4) is 0 Å². The van der Waals surface area contributed by atoms with E-state index in [9.17, 15) is 9.59 Å². The molecule has 0 aliphatic heterocycles. The maximum absolute atomic E-state index is 12.0. The third-order valence-corrected chi connectivity index (χ3v) is 5.16. The van der Waals surface area contributed by atoms with E-state index in [0.29, 0.717) is 23.5 Å². The molecule has 126 valence electrons. The predicted octanol–water partition coefficient (Wildman–Crippen LogP) is 3.36. The van der Waals surface area contributed by atoms with Crippen LogP contribution in [-0.4, -0.2) is 29.4 Å². The fourth-order valence-corrected chi connectivity index (χ4v) is 3.56. The summed E-state index contributed by atoms with van der Waals surface area (Å²) in [4.78, 5) is 23.9. The molecule has 1 aliphatic carbocycles. The Kier molecular flexibility index (Phi) is 6.96. The normalized spacial score (nSPS) is 20.8. The molecular weight excluding hydrogens is 308 g/mol. The Hall–Kier alpha value is -1.49. The molecule has 1 saturated carbocycles. The van der Waals surface area contributed by atoms with E-state index in [1.807, 2.05) is 31.2 Å². The lowest BCUT2D eigenvalue weighted by atomic mass is 9.86. The average molecular weight is 334 g/mol. The highest BCUT2D eigenvalue weighted by Crippen LogP contribution is 2.23. The van der Waals surface area contributed by atoms with Crippen molar-refractivity contribution in [2.45, 2.75) is 45.6 Å². The van der Waals surface area contributed by atoms with Crippen molar-refractivity contribution in [3.63, 3.8) is 0 Å². The van der Waals surface area contributed by atoms with Gasteiger partial charge in [-0.3, -0.25) is 9.59 Å². The molecule has 0 radical (unpaired) electrons. The highest BCUT2D eigenvalue weighted by atomic mass is 32.2. The van der Waals surface area contributed by atoms with Gasteiger partial charge in [0.15, 0.2) is 0 Å². The molecule has 1 aliphatic rings. The van der Waals surface area contributed by atoms with Crippen LogP contribution >= 0.6 is 11.8 Å². The molecule has 2 amide bonds. The summed E-state index contributed by atoms with van der Waals surface area (Å²) in [5.41, 5.74) is 1.91. The number of nitrogens with one attached hydrogen (secondary N) is 2. The molecule has 1 aromatic rings. The number of amides is 2. The Labute approximate surface area is 142 Å². The van der Waals surface area contributed by atoms with E-state index in [1.165, 1.54) is 31.0 Å². The molecule has 2 N–H and O–H groups in total. The van der Waals surface area contributed by atoms with Crippen LogP contribution in [-0.2, 0) is 9.59 Å². The van der Waals surface area contributed by atoms with Crippen molar-refractivity contribution in [3.8, 4) is 0 Å². The number of carbonyl (C=O) groups is 2. The van der Waals surface area contributed by atoms with Gasteiger partial charge in [0.2, 0.25) is 11.8 Å². The van der Waals surface area contributed by atoms with Crippen LogP contribution < -0.4 is 10.6 Å². The molecular formula is C18H26N2O2S. The summed E-state index contributed by atoms with van der Waals surface area (Å²) in [6.07, 6.45) is 4.73. The summed E-state index contributed by atoms with van der Waals surface area (Å²) in [5.74, 6) is 1.16. The van der Waals surface area contributed by atoms with Crippen LogP contribution in [0, 0.1) is 12.8 Å². The first-order valence-electron chi connectivity index (χ1n) is 8.28. The zero-order valence-corrected chi connectivity index (χ0v) is 14.7. The van der Waals surface area contributed by atoms with Gasteiger partial charge >= 0.3 is 0 Å². The quantitative estimate of drug-likeness (QED) is 0.838. The lowest BCUT2D eigenvalue weighted by Crippen LogP contribution is -2.42. The number of anilines is 1. The van der Waals surface area contributed by atoms with Gasteiger partial charge in [-0.2, -0.15) is 0 Å². The molecule has 0 spiro atoms. The minimum absolute atomic E-state index is 0.0390. The van der Waals surface area contributed by atoms with Gasteiger partial charge in [0.05, 0.1) is 11.5 Å². The Morgan fingerprint density at radius 1 is 1.17 bits per heavy atom. The summed E-state index contributed by atoms with van der Waals surface area (Å²) in [6, 6.07) is 8.00. The first-order valence-corrected chi connectivity index (χ1v) is 9.43. The molecule has 2 atom stereocenters. The zero-order valence-electron chi connectivity index (χ0n) is 13.9. The minimum atomic E-state index is -0.0700. The molecule has 0 aromatic heterocycles. The summed E-state index contributed by atoms with van der Waals surface area (Å²) < 4.78 is 0. The van der Waals surface area contributed by atoms with Crippen LogP contribution in [0.25, 0.3) is 0 Å². The Balaban J connectivity index is 1.65. The standard InChI is InChI=1S/C18H26N2O2S/c1-13-6-5-8-15(10-13)19-17(21)11-23-12-18(22)20-16-9-4-3-7-14(16)2/h5-6,8,10,14,16H,3-4,7,9,11-12H2,1-2H3,(H,19,21)(H,20,22)/t14-,16+/m0/s1. The second-order valence-corrected chi connectivity index (χ2v) is 7.33. The summed E-state index contributed by atoms with van der Waals surface area (Å²) in [5, 5.41) is 5.96. The number of rotatable bonds is 6. The van der Waals surface area contributed by atoms with Gasteiger partial charge in [0, 0.05) is 11.7 Å². The summed E-state index contributed by atoms with van der Waals surface area (Å²) in [6.45, 7) is 4.19. The summed E-state index contributed by atoms with van der Waals surface area (Å²) >= 11 is 1.36. The van der Waals surface area contributed by atoms with Crippen LogP contribution in [0.4, 0.5) is 5.69 Å².